The SMILES string of the molecule is Cc1cc(C)nc(NS(=O)(=O)c2ccc(NC(=S)NC(=O)c3cccc(Br)c3)cc2)n1. The van der Waals surface area contributed by atoms with Crippen LogP contribution in [0.5, 0.6) is 0 Å². The van der Waals surface area contributed by atoms with Crippen LogP contribution in [0.4, 0.5) is 11.6 Å². The third-order valence-corrected chi connectivity index (χ3v) is 5.99. The van der Waals surface area contributed by atoms with Gasteiger partial charge in [0.05, 0.1) is 4.90 Å². The van der Waals surface area contributed by atoms with Gasteiger partial charge < -0.3 is 5.32 Å². The first-order chi connectivity index (χ1) is 14.6. The Labute approximate surface area is 193 Å². The number of aryl methyl sites for hydroxylation is 2. The Balaban J connectivity index is 1.65. The number of halogens is 1. The molecular weight excluding hydrogens is 502 g/mol. The molecule has 31 heavy (non-hydrogen) atoms. The third kappa shape index (κ3) is 6.29. The minimum Gasteiger partial charge on any atom is -0.332 e. The molecule has 0 atom stereocenters. The van der Waals surface area contributed by atoms with Gasteiger partial charge in [0.15, 0.2) is 5.11 Å². The maximum absolute atomic E-state index is 12.6. The Bertz CT molecular complexity index is 1230. The van der Waals surface area contributed by atoms with Gasteiger partial charge in [-0.3, -0.25) is 10.1 Å². The molecule has 1 aromatic heterocycles. The molecule has 0 aliphatic heterocycles. The lowest BCUT2D eigenvalue weighted by molar-refractivity contribution is 0.0977. The molecule has 2 aromatic carbocycles. The summed E-state index contributed by atoms with van der Waals surface area (Å²) in [7, 11) is -3.86. The number of benzene rings is 2. The molecule has 3 rings (SSSR count). The molecule has 0 spiro atoms. The predicted molar refractivity (Wildman–Crippen MR) is 127 cm³/mol. The van der Waals surface area contributed by atoms with E-state index < -0.39 is 10.0 Å². The fourth-order valence-corrected chi connectivity index (χ4v) is 4.19. The van der Waals surface area contributed by atoms with Crippen LogP contribution in [0.2, 0.25) is 0 Å². The van der Waals surface area contributed by atoms with Crippen LogP contribution in [0.1, 0.15) is 21.7 Å². The average Bonchev–Trinajstić information content (AvgIpc) is 2.67. The molecule has 0 radical (unpaired) electrons. The molecular formula is C20H18BrN5O3S2. The van der Waals surface area contributed by atoms with Crippen LogP contribution in [0, 0.1) is 13.8 Å². The number of amides is 1. The van der Waals surface area contributed by atoms with E-state index in [2.05, 4.69) is 41.3 Å². The summed E-state index contributed by atoms with van der Waals surface area (Å²) >= 11 is 8.47. The van der Waals surface area contributed by atoms with Crippen LogP contribution in [-0.4, -0.2) is 29.4 Å². The Kier molecular flexibility index (Phi) is 6.98. The summed E-state index contributed by atoms with van der Waals surface area (Å²) in [6.07, 6.45) is 0. The highest BCUT2D eigenvalue weighted by Crippen LogP contribution is 2.17. The summed E-state index contributed by atoms with van der Waals surface area (Å²) in [5, 5.41) is 5.51. The number of rotatable bonds is 5. The number of thiocarbonyl (C=S) groups is 1. The summed E-state index contributed by atoms with van der Waals surface area (Å²) < 4.78 is 28.3. The smallest absolute Gasteiger partial charge is 0.264 e. The molecule has 0 unspecified atom stereocenters. The zero-order valence-electron chi connectivity index (χ0n) is 16.5. The van der Waals surface area contributed by atoms with Crippen molar-refractivity contribution < 1.29 is 13.2 Å². The summed E-state index contributed by atoms with van der Waals surface area (Å²) in [6, 6.07) is 14.5. The first-order valence-electron chi connectivity index (χ1n) is 8.95. The number of carbonyl (C=O) groups is 1. The summed E-state index contributed by atoms with van der Waals surface area (Å²) in [6.45, 7) is 3.51. The van der Waals surface area contributed by atoms with E-state index in [1.54, 1.807) is 38.1 Å². The van der Waals surface area contributed by atoms with Crippen molar-refractivity contribution in [3.8, 4) is 0 Å². The minimum absolute atomic E-state index is 0.0103. The zero-order valence-corrected chi connectivity index (χ0v) is 19.7. The van der Waals surface area contributed by atoms with Crippen molar-refractivity contribution in [2.75, 3.05) is 10.0 Å². The number of nitrogens with one attached hydrogen (secondary N) is 3. The molecule has 0 aliphatic rings. The van der Waals surface area contributed by atoms with Crippen LogP contribution in [-0.2, 0) is 10.0 Å². The Morgan fingerprint density at radius 2 is 1.65 bits per heavy atom. The number of hydrogen-bond acceptors (Lipinski definition) is 6. The molecule has 8 nitrogen and oxygen atoms in total. The highest BCUT2D eigenvalue weighted by molar-refractivity contribution is 9.10. The second-order valence-electron chi connectivity index (χ2n) is 6.52. The minimum atomic E-state index is -3.86. The summed E-state index contributed by atoms with van der Waals surface area (Å²) in [5.41, 5.74) is 2.27. The molecule has 11 heteroatoms. The van der Waals surface area contributed by atoms with Gasteiger partial charge in [-0.2, -0.15) is 0 Å². The van der Waals surface area contributed by atoms with Crippen molar-refractivity contribution in [2.24, 2.45) is 0 Å². The molecule has 0 saturated heterocycles. The van der Waals surface area contributed by atoms with Crippen LogP contribution in [0.25, 0.3) is 0 Å². The second kappa shape index (κ2) is 9.50. The van der Waals surface area contributed by atoms with Crippen molar-refractivity contribution in [2.45, 2.75) is 18.7 Å². The van der Waals surface area contributed by atoms with Crippen LogP contribution in [0.15, 0.2) is 64.0 Å². The van der Waals surface area contributed by atoms with Gasteiger partial charge in [0.2, 0.25) is 5.95 Å². The maximum Gasteiger partial charge on any atom is 0.264 e. The molecule has 0 saturated carbocycles. The van der Waals surface area contributed by atoms with E-state index in [-0.39, 0.29) is 21.9 Å². The van der Waals surface area contributed by atoms with Gasteiger partial charge in [-0.25, -0.2) is 23.1 Å². The second-order valence-corrected chi connectivity index (χ2v) is 9.53. The first kappa shape index (κ1) is 22.8. The standard InChI is InChI=1S/C20H18BrN5O3S2/c1-12-10-13(2)23-19(22-12)26-31(28,29)17-8-6-16(7-9-17)24-20(30)25-18(27)14-4-3-5-15(21)11-14/h3-11H,1-2H3,(H,22,23,26)(H2,24,25,27,30). The van der Waals surface area contributed by atoms with Gasteiger partial charge in [-0.15, -0.1) is 0 Å². The lowest BCUT2D eigenvalue weighted by atomic mass is 10.2. The molecule has 160 valence electrons. The van der Waals surface area contributed by atoms with E-state index in [1.165, 1.54) is 24.3 Å². The fourth-order valence-electron chi connectivity index (χ4n) is 2.64. The molecule has 3 aromatic rings. The van der Waals surface area contributed by atoms with E-state index >= 15 is 0 Å². The topological polar surface area (TPSA) is 113 Å². The predicted octanol–water partition coefficient (Wildman–Crippen LogP) is 3.78. The van der Waals surface area contributed by atoms with Crippen molar-refractivity contribution >= 4 is 60.8 Å². The van der Waals surface area contributed by atoms with Gasteiger partial charge in [0, 0.05) is 27.1 Å². The monoisotopic (exact) mass is 519 g/mol. The number of nitrogens with zero attached hydrogens (tertiary/aromatic N) is 2. The highest BCUT2D eigenvalue weighted by Gasteiger charge is 2.16. The average molecular weight is 520 g/mol. The van der Waals surface area contributed by atoms with Gasteiger partial charge in [0.25, 0.3) is 15.9 Å². The normalized spacial score (nSPS) is 10.9. The van der Waals surface area contributed by atoms with Crippen LogP contribution >= 0.6 is 28.1 Å². The zero-order chi connectivity index (χ0) is 22.6. The van der Waals surface area contributed by atoms with Gasteiger partial charge in [0.1, 0.15) is 0 Å². The summed E-state index contributed by atoms with van der Waals surface area (Å²) in [4.78, 5) is 20.4. The van der Waals surface area contributed by atoms with Crippen LogP contribution in [0.3, 0.4) is 0 Å². The highest BCUT2D eigenvalue weighted by atomic mass is 79.9. The van der Waals surface area contributed by atoms with Gasteiger partial charge in [-0.1, -0.05) is 22.0 Å². The number of hydrogen-bond donors (Lipinski definition) is 3. The molecule has 0 aliphatic carbocycles. The molecule has 1 heterocycles. The maximum atomic E-state index is 12.6. The van der Waals surface area contributed by atoms with Gasteiger partial charge >= 0.3 is 0 Å². The lowest BCUT2D eigenvalue weighted by Crippen LogP contribution is -2.34. The van der Waals surface area contributed by atoms with Crippen molar-refractivity contribution in [3.63, 3.8) is 0 Å². The third-order valence-electron chi connectivity index (χ3n) is 3.94. The Hall–Kier alpha value is -2.89. The largest absolute Gasteiger partial charge is 0.332 e. The summed E-state index contributed by atoms with van der Waals surface area (Å²) in [5.74, 6) is -0.355. The molecule has 0 bridgehead atoms. The first-order valence-corrected chi connectivity index (χ1v) is 11.6. The number of sulfonamides is 1. The van der Waals surface area contributed by atoms with E-state index in [1.807, 2.05) is 6.07 Å². The van der Waals surface area contributed by atoms with Crippen molar-refractivity contribution in [3.05, 3.63) is 76.0 Å². The fraction of sp³-hybridized carbons (Fsp3) is 0.100. The quantitative estimate of drug-likeness (QED) is 0.439. The van der Waals surface area contributed by atoms with Crippen molar-refractivity contribution in [1.29, 1.82) is 0 Å². The molecule has 1 amide bonds. The molecule has 3 N–H and O–H groups in total. The Morgan fingerprint density at radius 3 is 2.26 bits per heavy atom. The molecule has 0 fully saturated rings. The van der Waals surface area contributed by atoms with Gasteiger partial charge in [-0.05, 0) is 74.6 Å². The Morgan fingerprint density at radius 1 is 1.00 bits per heavy atom. The van der Waals surface area contributed by atoms with E-state index in [0.29, 0.717) is 22.6 Å². The van der Waals surface area contributed by atoms with E-state index in [9.17, 15) is 13.2 Å². The van der Waals surface area contributed by atoms with E-state index in [4.69, 9.17) is 12.2 Å². The number of anilines is 2. The number of aromatic nitrogens is 2. The lowest BCUT2D eigenvalue weighted by Gasteiger charge is -2.11. The van der Waals surface area contributed by atoms with E-state index in [0.717, 1.165) is 4.47 Å². The van der Waals surface area contributed by atoms with Crippen LogP contribution < -0.4 is 15.4 Å². The van der Waals surface area contributed by atoms with Crippen molar-refractivity contribution in [1.82, 2.24) is 15.3 Å². The number of carbonyl (C=O) groups excluding carboxylic acids is 1.